The summed E-state index contributed by atoms with van der Waals surface area (Å²) >= 11 is 0. The fraction of sp³-hybridized carbons (Fsp3) is 0.286. The molecule has 0 saturated carbocycles. The second-order valence-corrected chi connectivity index (χ2v) is 7.06. The van der Waals surface area contributed by atoms with Gasteiger partial charge in [0.05, 0.1) is 22.5 Å². The van der Waals surface area contributed by atoms with E-state index >= 15 is 0 Å². The minimum atomic E-state index is -4.60. The second-order valence-electron chi connectivity index (χ2n) is 7.06. The van der Waals surface area contributed by atoms with Gasteiger partial charge in [0, 0.05) is 17.7 Å². The molecular formula is C21H17F6N3. The van der Waals surface area contributed by atoms with Crippen LogP contribution in [0.15, 0.2) is 48.5 Å². The van der Waals surface area contributed by atoms with Crippen molar-refractivity contribution in [2.24, 2.45) is 0 Å². The van der Waals surface area contributed by atoms with E-state index < -0.39 is 23.5 Å². The average molecular weight is 425 g/mol. The number of hydrogen-bond donors (Lipinski definition) is 1. The van der Waals surface area contributed by atoms with Crippen LogP contribution in [0.2, 0.25) is 0 Å². The predicted molar refractivity (Wildman–Crippen MR) is 100 cm³/mol. The number of nitrogens with one attached hydrogen (secondary N) is 1. The van der Waals surface area contributed by atoms with Crippen molar-refractivity contribution in [1.82, 2.24) is 9.78 Å². The predicted octanol–water partition coefficient (Wildman–Crippen LogP) is 6.33. The highest BCUT2D eigenvalue weighted by Crippen LogP contribution is 2.39. The number of alkyl halides is 6. The Labute approximate surface area is 168 Å². The van der Waals surface area contributed by atoms with Crippen LogP contribution in [0.1, 0.15) is 29.5 Å². The monoisotopic (exact) mass is 425 g/mol. The number of hydrogen-bond acceptors (Lipinski definition) is 2. The van der Waals surface area contributed by atoms with E-state index in [4.69, 9.17) is 0 Å². The summed E-state index contributed by atoms with van der Waals surface area (Å²) < 4.78 is 81.4. The van der Waals surface area contributed by atoms with Crippen LogP contribution in [0.4, 0.5) is 32.2 Å². The van der Waals surface area contributed by atoms with Crippen LogP contribution in [0.25, 0.3) is 16.9 Å². The quantitative estimate of drug-likeness (QED) is 0.487. The zero-order valence-corrected chi connectivity index (χ0v) is 15.6. The van der Waals surface area contributed by atoms with Gasteiger partial charge >= 0.3 is 12.4 Å². The van der Waals surface area contributed by atoms with Crippen molar-refractivity contribution in [2.75, 3.05) is 11.9 Å². The minimum absolute atomic E-state index is 0.172. The Bertz CT molecular complexity index is 1070. The molecule has 9 heteroatoms. The molecule has 158 valence electrons. The second kappa shape index (κ2) is 7.37. The summed E-state index contributed by atoms with van der Waals surface area (Å²) in [6.07, 6.45) is -7.09. The topological polar surface area (TPSA) is 29.9 Å². The largest absolute Gasteiger partial charge is 0.418 e. The fourth-order valence-corrected chi connectivity index (χ4v) is 3.65. The van der Waals surface area contributed by atoms with E-state index in [0.29, 0.717) is 24.3 Å². The molecule has 0 bridgehead atoms. The average Bonchev–Trinajstić information content (AvgIpc) is 2.88. The fourth-order valence-electron chi connectivity index (χ4n) is 3.65. The first-order chi connectivity index (χ1) is 14.2. The highest BCUT2D eigenvalue weighted by Gasteiger charge is 2.35. The van der Waals surface area contributed by atoms with Gasteiger partial charge in [-0.3, -0.25) is 0 Å². The SMILES string of the molecule is FC(F)(F)c1cccc(-c2nn(-c3ccccc3C(F)(F)F)c3c2CCCCN3)c1. The minimum Gasteiger partial charge on any atom is -0.370 e. The summed E-state index contributed by atoms with van der Waals surface area (Å²) in [4.78, 5) is 0. The van der Waals surface area contributed by atoms with Crippen molar-refractivity contribution in [3.63, 3.8) is 0 Å². The van der Waals surface area contributed by atoms with E-state index in [9.17, 15) is 26.3 Å². The van der Waals surface area contributed by atoms with Crippen molar-refractivity contribution in [3.8, 4) is 16.9 Å². The van der Waals surface area contributed by atoms with Crippen LogP contribution in [-0.4, -0.2) is 16.3 Å². The molecule has 0 unspecified atom stereocenters. The first-order valence-electron chi connectivity index (χ1n) is 9.36. The summed E-state index contributed by atoms with van der Waals surface area (Å²) in [6.45, 7) is 0.537. The Morgan fingerprint density at radius 3 is 2.37 bits per heavy atom. The summed E-state index contributed by atoms with van der Waals surface area (Å²) in [5.41, 5.74) is -0.786. The number of halogens is 6. The van der Waals surface area contributed by atoms with Gasteiger partial charge in [0.2, 0.25) is 0 Å². The zero-order valence-electron chi connectivity index (χ0n) is 15.6. The third-order valence-corrected chi connectivity index (χ3v) is 5.03. The van der Waals surface area contributed by atoms with Crippen LogP contribution in [0, 0.1) is 0 Å². The molecule has 3 aromatic rings. The molecule has 30 heavy (non-hydrogen) atoms. The highest BCUT2D eigenvalue weighted by atomic mass is 19.4. The van der Waals surface area contributed by atoms with Gasteiger partial charge in [-0.25, -0.2) is 4.68 Å². The first kappa shape index (κ1) is 20.3. The number of para-hydroxylation sites is 1. The Balaban J connectivity index is 1.94. The molecule has 0 atom stereocenters. The van der Waals surface area contributed by atoms with Crippen molar-refractivity contribution in [3.05, 3.63) is 65.2 Å². The Morgan fingerprint density at radius 2 is 1.63 bits per heavy atom. The van der Waals surface area contributed by atoms with E-state index in [1.807, 2.05) is 0 Å². The molecule has 1 aliphatic heterocycles. The maximum absolute atomic E-state index is 13.6. The molecule has 1 N–H and O–H groups in total. The summed E-state index contributed by atoms with van der Waals surface area (Å²) in [5, 5.41) is 7.47. The van der Waals surface area contributed by atoms with Gasteiger partial charge in [0.25, 0.3) is 0 Å². The van der Waals surface area contributed by atoms with Gasteiger partial charge in [0.1, 0.15) is 5.82 Å². The van der Waals surface area contributed by atoms with Gasteiger partial charge in [-0.1, -0.05) is 24.3 Å². The Kier molecular flexibility index (Phi) is 4.99. The number of benzene rings is 2. The van der Waals surface area contributed by atoms with E-state index in [0.717, 1.165) is 31.0 Å². The number of fused-ring (bicyclic) bond motifs is 1. The molecular weight excluding hydrogens is 408 g/mol. The smallest absolute Gasteiger partial charge is 0.370 e. The molecule has 0 aliphatic carbocycles. The van der Waals surface area contributed by atoms with E-state index in [-0.39, 0.29) is 16.9 Å². The van der Waals surface area contributed by atoms with Crippen LogP contribution in [0.5, 0.6) is 0 Å². The van der Waals surface area contributed by atoms with E-state index in [1.54, 1.807) is 0 Å². The van der Waals surface area contributed by atoms with Gasteiger partial charge < -0.3 is 5.32 Å². The normalized spacial score (nSPS) is 14.7. The molecule has 0 fully saturated rings. The lowest BCUT2D eigenvalue weighted by Crippen LogP contribution is -2.14. The van der Waals surface area contributed by atoms with Gasteiger partial charge in [-0.2, -0.15) is 31.4 Å². The first-order valence-corrected chi connectivity index (χ1v) is 9.36. The Morgan fingerprint density at radius 1 is 0.867 bits per heavy atom. The standard InChI is InChI=1S/C21H17F6N3/c22-20(23,24)14-7-5-6-13(12-14)18-15-8-3-4-11-28-19(15)30(29-18)17-10-2-1-9-16(17)21(25,26)27/h1-2,5-7,9-10,12,28H,3-4,8,11H2. The molecule has 0 saturated heterocycles. The molecule has 0 spiro atoms. The van der Waals surface area contributed by atoms with Gasteiger partial charge in [0.15, 0.2) is 0 Å². The Hall–Kier alpha value is -2.97. The number of aromatic nitrogens is 2. The highest BCUT2D eigenvalue weighted by molar-refractivity contribution is 5.72. The maximum atomic E-state index is 13.6. The van der Waals surface area contributed by atoms with E-state index in [2.05, 4.69) is 10.4 Å². The van der Waals surface area contributed by atoms with Crippen molar-refractivity contribution >= 4 is 5.82 Å². The molecule has 2 heterocycles. The van der Waals surface area contributed by atoms with Gasteiger partial charge in [-0.15, -0.1) is 0 Å². The summed E-state index contributed by atoms with van der Waals surface area (Å²) in [5.74, 6) is 0.386. The lowest BCUT2D eigenvalue weighted by Gasteiger charge is -2.15. The van der Waals surface area contributed by atoms with E-state index in [1.165, 1.54) is 35.0 Å². The third-order valence-electron chi connectivity index (χ3n) is 5.03. The molecule has 3 nitrogen and oxygen atoms in total. The lowest BCUT2D eigenvalue weighted by atomic mass is 10.0. The number of anilines is 1. The van der Waals surface area contributed by atoms with Crippen molar-refractivity contribution in [2.45, 2.75) is 31.6 Å². The van der Waals surface area contributed by atoms with Crippen LogP contribution in [-0.2, 0) is 18.8 Å². The van der Waals surface area contributed by atoms with Crippen molar-refractivity contribution < 1.29 is 26.3 Å². The zero-order chi connectivity index (χ0) is 21.5. The third kappa shape index (κ3) is 3.76. The van der Waals surface area contributed by atoms with Crippen LogP contribution >= 0.6 is 0 Å². The maximum Gasteiger partial charge on any atom is 0.418 e. The molecule has 0 radical (unpaired) electrons. The molecule has 4 rings (SSSR count). The van der Waals surface area contributed by atoms with Crippen LogP contribution < -0.4 is 5.32 Å². The van der Waals surface area contributed by atoms with Gasteiger partial charge in [-0.05, 0) is 43.5 Å². The number of rotatable bonds is 2. The molecule has 1 aromatic heterocycles. The summed E-state index contributed by atoms with van der Waals surface area (Å²) in [7, 11) is 0. The number of nitrogens with zero attached hydrogens (tertiary/aromatic N) is 2. The van der Waals surface area contributed by atoms with Crippen molar-refractivity contribution in [1.29, 1.82) is 0 Å². The molecule has 2 aromatic carbocycles. The lowest BCUT2D eigenvalue weighted by molar-refractivity contribution is -0.138. The van der Waals surface area contributed by atoms with Crippen LogP contribution in [0.3, 0.4) is 0 Å². The molecule has 1 aliphatic rings. The summed E-state index contributed by atoms with van der Waals surface area (Å²) in [6, 6.07) is 9.72. The molecule has 0 amide bonds.